The quantitative estimate of drug-likeness (QED) is 0.519. The molecule has 3 aromatic rings. The summed E-state index contributed by atoms with van der Waals surface area (Å²) < 4.78 is 6.33. The highest BCUT2D eigenvalue weighted by atomic mass is 35.5. The molecule has 0 unspecified atom stereocenters. The fourth-order valence-corrected chi connectivity index (χ4v) is 5.57. The largest absolute Gasteiger partial charge is 0.467 e. The summed E-state index contributed by atoms with van der Waals surface area (Å²) in [4.78, 5) is 29.9. The van der Waals surface area contributed by atoms with Crippen LogP contribution in [0, 0.1) is 0 Å². The van der Waals surface area contributed by atoms with Gasteiger partial charge in [0.2, 0.25) is 0 Å². The molecule has 0 spiro atoms. The second kappa shape index (κ2) is 7.77. The summed E-state index contributed by atoms with van der Waals surface area (Å²) in [6.07, 6.45) is 2.51. The molecule has 1 saturated heterocycles. The van der Waals surface area contributed by atoms with Crippen molar-refractivity contribution >= 4 is 34.9 Å². The molecule has 0 radical (unpaired) electrons. The van der Waals surface area contributed by atoms with Gasteiger partial charge in [0.1, 0.15) is 5.75 Å². The van der Waals surface area contributed by atoms with Crippen LogP contribution in [0.2, 0.25) is 5.02 Å². The number of amides is 3. The number of halogens is 1. The Morgan fingerprint density at radius 1 is 1.12 bits per heavy atom. The number of anilines is 2. The lowest BCUT2D eigenvalue weighted by Gasteiger charge is -2.50. The van der Waals surface area contributed by atoms with Gasteiger partial charge in [-0.25, -0.2) is 4.79 Å². The molecule has 34 heavy (non-hydrogen) atoms. The van der Waals surface area contributed by atoms with Crippen LogP contribution in [0.4, 0.5) is 16.2 Å². The SMILES string of the molecule is C[C@@]12C[C@@H](NC(=O)N1c1ccc(C(=O)N3CCCc4ccccc43)cc1)c1cc(Cl)ccc1O2. The highest BCUT2D eigenvalue weighted by Crippen LogP contribution is 2.46. The summed E-state index contributed by atoms with van der Waals surface area (Å²) in [5, 5.41) is 3.69. The summed E-state index contributed by atoms with van der Waals surface area (Å²) in [6.45, 7) is 2.61. The van der Waals surface area contributed by atoms with Crippen LogP contribution in [0.1, 0.15) is 47.3 Å². The third kappa shape index (κ3) is 3.32. The molecule has 1 fully saturated rings. The first-order valence-corrected chi connectivity index (χ1v) is 11.9. The third-order valence-corrected chi connectivity index (χ3v) is 7.20. The van der Waals surface area contributed by atoms with Crippen LogP contribution < -0.4 is 19.9 Å². The molecule has 3 amide bonds. The minimum atomic E-state index is -0.856. The Balaban J connectivity index is 1.29. The van der Waals surface area contributed by atoms with Crippen molar-refractivity contribution in [2.24, 2.45) is 0 Å². The number of carbonyl (C=O) groups is 2. The second-order valence-electron chi connectivity index (χ2n) is 9.24. The number of benzene rings is 3. The summed E-state index contributed by atoms with van der Waals surface area (Å²) >= 11 is 6.16. The monoisotopic (exact) mass is 473 g/mol. The Bertz CT molecular complexity index is 1310. The standard InChI is InChI=1S/C27H24ClN3O3/c1-27-16-22(21-15-19(28)10-13-24(21)34-27)29-26(33)31(27)20-11-8-18(9-12-20)25(32)30-14-4-6-17-5-2-3-7-23(17)30/h2-3,5,7-13,15,22H,4,6,14,16H2,1H3,(H,29,33)/t22-,27-/m1/s1. The Morgan fingerprint density at radius 2 is 1.91 bits per heavy atom. The van der Waals surface area contributed by atoms with Crippen LogP contribution >= 0.6 is 11.6 Å². The van der Waals surface area contributed by atoms with Gasteiger partial charge in [0.25, 0.3) is 5.91 Å². The lowest BCUT2D eigenvalue weighted by molar-refractivity contribution is 0.0379. The van der Waals surface area contributed by atoms with Crippen LogP contribution in [0.5, 0.6) is 5.75 Å². The fraction of sp³-hybridized carbons (Fsp3) is 0.259. The molecular formula is C27H24ClN3O3. The maximum absolute atomic E-state index is 13.3. The van der Waals surface area contributed by atoms with Crippen molar-refractivity contribution in [3.05, 3.63) is 88.4 Å². The van der Waals surface area contributed by atoms with Crippen molar-refractivity contribution in [1.29, 1.82) is 0 Å². The number of fused-ring (bicyclic) bond motifs is 5. The van der Waals surface area contributed by atoms with Crippen LogP contribution in [-0.2, 0) is 6.42 Å². The molecular weight excluding hydrogens is 450 g/mol. The van der Waals surface area contributed by atoms with E-state index in [4.69, 9.17) is 16.3 Å². The lowest BCUT2D eigenvalue weighted by Crippen LogP contribution is -2.65. The summed E-state index contributed by atoms with van der Waals surface area (Å²) in [5.74, 6) is 0.677. The van der Waals surface area contributed by atoms with E-state index in [9.17, 15) is 9.59 Å². The predicted octanol–water partition coefficient (Wildman–Crippen LogP) is 5.70. The van der Waals surface area contributed by atoms with E-state index in [1.165, 1.54) is 5.56 Å². The average molecular weight is 474 g/mol. The molecule has 3 aliphatic heterocycles. The molecule has 2 atom stereocenters. The highest BCUT2D eigenvalue weighted by molar-refractivity contribution is 6.30. The number of nitrogens with zero attached hydrogens (tertiary/aromatic N) is 2. The number of hydrogen-bond acceptors (Lipinski definition) is 3. The Kier molecular flexibility index (Phi) is 4.81. The van der Waals surface area contributed by atoms with Crippen molar-refractivity contribution in [3.8, 4) is 5.75 Å². The van der Waals surface area contributed by atoms with E-state index in [1.807, 2.05) is 54.3 Å². The smallest absolute Gasteiger partial charge is 0.325 e. The Morgan fingerprint density at radius 3 is 2.74 bits per heavy atom. The fourth-order valence-electron chi connectivity index (χ4n) is 5.39. The zero-order valence-electron chi connectivity index (χ0n) is 18.8. The van der Waals surface area contributed by atoms with Gasteiger partial charge in [-0.15, -0.1) is 0 Å². The van der Waals surface area contributed by atoms with E-state index >= 15 is 0 Å². The van der Waals surface area contributed by atoms with Crippen molar-refractivity contribution in [3.63, 3.8) is 0 Å². The van der Waals surface area contributed by atoms with Gasteiger partial charge in [0.05, 0.1) is 6.04 Å². The number of urea groups is 1. The highest BCUT2D eigenvalue weighted by Gasteiger charge is 2.49. The molecule has 0 aromatic heterocycles. The first-order valence-electron chi connectivity index (χ1n) is 11.5. The second-order valence-corrected chi connectivity index (χ2v) is 9.67. The minimum Gasteiger partial charge on any atom is -0.467 e. The topological polar surface area (TPSA) is 61.9 Å². The van der Waals surface area contributed by atoms with E-state index in [0.29, 0.717) is 35.0 Å². The molecule has 3 heterocycles. The van der Waals surface area contributed by atoms with E-state index in [1.54, 1.807) is 23.1 Å². The number of rotatable bonds is 2. The maximum Gasteiger partial charge on any atom is 0.325 e. The molecule has 2 bridgehead atoms. The van der Waals surface area contributed by atoms with Crippen LogP contribution in [0.15, 0.2) is 66.7 Å². The Hall–Kier alpha value is -3.51. The van der Waals surface area contributed by atoms with Crippen LogP contribution in [0.3, 0.4) is 0 Å². The van der Waals surface area contributed by atoms with E-state index in [2.05, 4.69) is 11.4 Å². The van der Waals surface area contributed by atoms with Gasteiger partial charge in [-0.1, -0.05) is 29.8 Å². The third-order valence-electron chi connectivity index (χ3n) is 6.96. The first kappa shape index (κ1) is 21.1. The number of aryl methyl sites for hydroxylation is 1. The molecule has 3 aliphatic rings. The number of carbonyl (C=O) groups excluding carboxylic acids is 2. The van der Waals surface area contributed by atoms with Crippen molar-refractivity contribution in [2.75, 3.05) is 16.3 Å². The number of hydrogen-bond donors (Lipinski definition) is 1. The lowest BCUT2D eigenvalue weighted by atomic mass is 9.90. The van der Waals surface area contributed by atoms with Gasteiger partial charge in [0, 0.05) is 40.5 Å². The first-order chi connectivity index (χ1) is 16.4. The predicted molar refractivity (Wildman–Crippen MR) is 132 cm³/mol. The number of ether oxygens (including phenoxy) is 1. The maximum atomic E-state index is 13.3. The zero-order chi connectivity index (χ0) is 23.4. The van der Waals surface area contributed by atoms with Gasteiger partial charge in [-0.2, -0.15) is 0 Å². The molecule has 172 valence electrons. The summed E-state index contributed by atoms with van der Waals surface area (Å²) in [5.41, 5.74) is 3.47. The van der Waals surface area contributed by atoms with Gasteiger partial charge in [0.15, 0.2) is 5.72 Å². The molecule has 6 rings (SSSR count). The molecule has 1 N–H and O–H groups in total. The van der Waals surface area contributed by atoms with E-state index < -0.39 is 5.72 Å². The van der Waals surface area contributed by atoms with E-state index in [0.717, 1.165) is 24.1 Å². The van der Waals surface area contributed by atoms with Gasteiger partial charge in [-0.05, 0) is 73.9 Å². The molecule has 7 heteroatoms. The van der Waals surface area contributed by atoms with Crippen molar-refractivity contribution in [2.45, 2.75) is 38.0 Å². The zero-order valence-corrected chi connectivity index (χ0v) is 19.5. The normalized spacial score (nSPS) is 22.9. The van der Waals surface area contributed by atoms with Crippen molar-refractivity contribution in [1.82, 2.24) is 5.32 Å². The van der Waals surface area contributed by atoms with Gasteiger partial charge >= 0.3 is 6.03 Å². The van der Waals surface area contributed by atoms with Crippen molar-refractivity contribution < 1.29 is 14.3 Å². The van der Waals surface area contributed by atoms with Gasteiger partial charge < -0.3 is 15.0 Å². The number of para-hydroxylation sites is 1. The molecule has 6 nitrogen and oxygen atoms in total. The van der Waals surface area contributed by atoms with Gasteiger partial charge in [-0.3, -0.25) is 9.69 Å². The molecule has 0 aliphatic carbocycles. The average Bonchev–Trinajstić information content (AvgIpc) is 2.84. The van der Waals surface area contributed by atoms with Crippen LogP contribution in [0.25, 0.3) is 0 Å². The Labute approximate surface area is 203 Å². The summed E-state index contributed by atoms with van der Waals surface area (Å²) in [7, 11) is 0. The molecule has 0 saturated carbocycles. The minimum absolute atomic E-state index is 0.0345. The number of nitrogens with one attached hydrogen (secondary N) is 1. The molecule has 3 aromatic carbocycles. The van der Waals surface area contributed by atoms with Crippen LogP contribution in [-0.4, -0.2) is 24.2 Å². The summed E-state index contributed by atoms with van der Waals surface area (Å²) in [6, 6.07) is 20.3. The van der Waals surface area contributed by atoms with E-state index in [-0.39, 0.29) is 18.0 Å².